The van der Waals surface area contributed by atoms with Crippen molar-refractivity contribution in [3.05, 3.63) is 78.8 Å². The molecule has 4 aromatic rings. The molecule has 2 aromatic carbocycles. The number of anilines is 1. The van der Waals surface area contributed by atoms with Gasteiger partial charge in [0.05, 0.1) is 17.5 Å². The van der Waals surface area contributed by atoms with Crippen LogP contribution < -0.4 is 10.6 Å². The van der Waals surface area contributed by atoms with Gasteiger partial charge in [0.15, 0.2) is 5.79 Å². The molecule has 10 nitrogen and oxygen atoms in total. The number of nitrogens with zero attached hydrogens (tertiary/aromatic N) is 4. The van der Waals surface area contributed by atoms with Gasteiger partial charge in [-0.15, -0.1) is 0 Å². The van der Waals surface area contributed by atoms with Gasteiger partial charge in [-0.1, -0.05) is 42.1 Å². The number of rotatable bonds is 13. The number of nitrogens with one attached hydrogen (secondary N) is 2. The number of amides is 1. The second-order valence-corrected chi connectivity index (χ2v) is 15.5. The Bertz CT molecular complexity index is 1710. The van der Waals surface area contributed by atoms with E-state index in [1.54, 1.807) is 18.1 Å². The van der Waals surface area contributed by atoms with Crippen molar-refractivity contribution < 1.29 is 19.0 Å². The first-order chi connectivity index (χ1) is 23.5. The highest BCUT2D eigenvalue weighted by Crippen LogP contribution is 2.47. The lowest BCUT2D eigenvalue weighted by Crippen LogP contribution is -2.39. The van der Waals surface area contributed by atoms with E-state index in [4.69, 9.17) is 14.2 Å². The average molecular weight is 687 g/mol. The van der Waals surface area contributed by atoms with Crippen LogP contribution in [0.1, 0.15) is 59.1 Å². The van der Waals surface area contributed by atoms with Gasteiger partial charge in [-0.25, -0.2) is 14.8 Å². The van der Waals surface area contributed by atoms with Gasteiger partial charge in [0, 0.05) is 48.6 Å². The molecule has 1 saturated heterocycles. The molecule has 6 rings (SSSR count). The average Bonchev–Trinajstić information content (AvgIpc) is 3.72. The molecule has 11 heteroatoms. The highest BCUT2D eigenvalue weighted by Gasteiger charge is 2.54. The summed E-state index contributed by atoms with van der Waals surface area (Å²) < 4.78 is 21.0. The van der Waals surface area contributed by atoms with Gasteiger partial charge >= 0.3 is 6.09 Å². The molecule has 1 amide bonds. The van der Waals surface area contributed by atoms with Crippen LogP contribution in [0.15, 0.2) is 83.0 Å². The van der Waals surface area contributed by atoms with Gasteiger partial charge in [-0.3, -0.25) is 0 Å². The highest BCUT2D eigenvalue weighted by atomic mass is 32.2. The second kappa shape index (κ2) is 15.1. The molecule has 49 heavy (non-hydrogen) atoms. The number of fused-ring (bicyclic) bond motifs is 2. The molecule has 2 aromatic heterocycles. The lowest BCUT2D eigenvalue weighted by molar-refractivity contribution is -0.160. The van der Waals surface area contributed by atoms with E-state index in [0.717, 1.165) is 49.2 Å². The molecule has 0 spiro atoms. The van der Waals surface area contributed by atoms with Crippen molar-refractivity contribution >= 4 is 34.7 Å². The van der Waals surface area contributed by atoms with Crippen LogP contribution in [0.25, 0.3) is 11.0 Å². The Morgan fingerprint density at radius 3 is 2.59 bits per heavy atom. The molecular weight excluding hydrogens is 637 g/mol. The van der Waals surface area contributed by atoms with E-state index >= 15 is 0 Å². The Kier molecular flexibility index (Phi) is 10.8. The van der Waals surface area contributed by atoms with E-state index in [1.807, 2.05) is 52.6 Å². The Balaban J connectivity index is 1.05. The van der Waals surface area contributed by atoms with Gasteiger partial charge < -0.3 is 34.3 Å². The van der Waals surface area contributed by atoms with Crippen LogP contribution in [-0.4, -0.2) is 82.4 Å². The van der Waals surface area contributed by atoms with E-state index in [0.29, 0.717) is 13.1 Å². The standard InChI is InChI=1S/C38H50N6O4S/c1-37(2,3)48-36(45)43(20-16-26-12-10-15-29(22-26)49-28-13-8-7-9-14-28)19-11-18-40-24-27-23-31(33-32(27)46-38(4,5)47-33)44-21-17-30-34(39-6)41-25-42-35(30)44/h7-10,12-15,17,21-22,25,27,31-33,40H,11,16,18-20,23-24H2,1-6H3,(H,39,41,42)/t27-,31-,32-,33+/m1/s1. The van der Waals surface area contributed by atoms with Crippen LogP contribution in [-0.2, 0) is 20.6 Å². The van der Waals surface area contributed by atoms with Gasteiger partial charge in [0.2, 0.25) is 0 Å². The molecule has 4 atom stereocenters. The monoisotopic (exact) mass is 686 g/mol. The van der Waals surface area contributed by atoms with E-state index in [-0.39, 0.29) is 30.3 Å². The number of hydrogen-bond acceptors (Lipinski definition) is 9. The maximum absolute atomic E-state index is 13.3. The van der Waals surface area contributed by atoms with Crippen molar-refractivity contribution in [1.82, 2.24) is 24.8 Å². The highest BCUT2D eigenvalue weighted by molar-refractivity contribution is 7.99. The summed E-state index contributed by atoms with van der Waals surface area (Å²) in [7, 11) is 1.88. The van der Waals surface area contributed by atoms with E-state index in [9.17, 15) is 4.79 Å². The van der Waals surface area contributed by atoms with Crippen LogP contribution in [0.4, 0.5) is 10.6 Å². The number of carbonyl (C=O) groups is 1. The van der Waals surface area contributed by atoms with Crippen LogP contribution in [0, 0.1) is 5.92 Å². The van der Waals surface area contributed by atoms with Crippen LogP contribution in [0.3, 0.4) is 0 Å². The number of ether oxygens (including phenoxy) is 3. The summed E-state index contributed by atoms with van der Waals surface area (Å²) in [5.74, 6) is 0.438. The largest absolute Gasteiger partial charge is 0.444 e. The maximum atomic E-state index is 13.3. The number of hydrogen-bond donors (Lipinski definition) is 2. The predicted octanol–water partition coefficient (Wildman–Crippen LogP) is 7.16. The molecule has 0 unspecified atom stereocenters. The minimum Gasteiger partial charge on any atom is -0.444 e. The first-order valence-corrected chi connectivity index (χ1v) is 18.2. The van der Waals surface area contributed by atoms with Crippen molar-refractivity contribution in [2.75, 3.05) is 38.5 Å². The van der Waals surface area contributed by atoms with Crippen LogP contribution in [0.5, 0.6) is 0 Å². The number of benzene rings is 2. The third-order valence-electron chi connectivity index (χ3n) is 9.04. The summed E-state index contributed by atoms with van der Waals surface area (Å²) >= 11 is 1.75. The Hall–Kier alpha value is -3.64. The summed E-state index contributed by atoms with van der Waals surface area (Å²) in [6.07, 6.45) is 5.80. The first-order valence-electron chi connectivity index (χ1n) is 17.3. The quantitative estimate of drug-likeness (QED) is 0.142. The normalized spacial score (nSPS) is 21.5. The van der Waals surface area contributed by atoms with Gasteiger partial charge in [0.25, 0.3) is 0 Å². The fourth-order valence-corrected chi connectivity index (χ4v) is 7.85. The van der Waals surface area contributed by atoms with E-state index < -0.39 is 11.4 Å². The summed E-state index contributed by atoms with van der Waals surface area (Å²) in [5, 5.41) is 7.84. The summed E-state index contributed by atoms with van der Waals surface area (Å²) in [5.41, 5.74) is 1.54. The molecule has 1 aliphatic carbocycles. The van der Waals surface area contributed by atoms with Gasteiger partial charge in [-0.05, 0) is 96.3 Å². The Morgan fingerprint density at radius 1 is 1.04 bits per heavy atom. The minimum absolute atomic E-state index is 0.0235. The molecule has 2 fully saturated rings. The smallest absolute Gasteiger partial charge is 0.410 e. The van der Waals surface area contributed by atoms with Crippen molar-refractivity contribution in [1.29, 1.82) is 0 Å². The topological polar surface area (TPSA) is 103 Å². The molecule has 0 bridgehead atoms. The zero-order valence-corrected chi connectivity index (χ0v) is 30.3. The molecule has 0 radical (unpaired) electrons. The van der Waals surface area contributed by atoms with Crippen molar-refractivity contribution in [2.24, 2.45) is 5.92 Å². The zero-order valence-electron chi connectivity index (χ0n) is 29.5. The van der Waals surface area contributed by atoms with Gasteiger partial charge in [0.1, 0.15) is 29.5 Å². The molecular formula is C38H50N6O4S. The van der Waals surface area contributed by atoms with Crippen LogP contribution >= 0.6 is 11.8 Å². The molecule has 1 saturated carbocycles. The van der Waals surface area contributed by atoms with Crippen LogP contribution in [0.2, 0.25) is 0 Å². The minimum atomic E-state index is -0.645. The maximum Gasteiger partial charge on any atom is 0.410 e. The number of carbonyl (C=O) groups excluding carboxylic acids is 1. The molecule has 2 N–H and O–H groups in total. The molecule has 2 aliphatic rings. The first kappa shape index (κ1) is 35.2. The van der Waals surface area contributed by atoms with Crippen molar-refractivity contribution in [3.8, 4) is 0 Å². The lowest BCUT2D eigenvalue weighted by atomic mass is 10.1. The number of aromatic nitrogens is 3. The summed E-state index contributed by atoms with van der Waals surface area (Å²) in [6.45, 7) is 12.5. The summed E-state index contributed by atoms with van der Waals surface area (Å²) in [6, 6.07) is 21.1. The van der Waals surface area contributed by atoms with E-state index in [1.165, 1.54) is 15.4 Å². The Morgan fingerprint density at radius 2 is 1.82 bits per heavy atom. The third kappa shape index (κ3) is 8.75. The fraction of sp³-hybridized carbons (Fsp3) is 0.500. The molecule has 3 heterocycles. The fourth-order valence-electron chi connectivity index (χ4n) is 6.92. The predicted molar refractivity (Wildman–Crippen MR) is 194 cm³/mol. The third-order valence-corrected chi connectivity index (χ3v) is 10.0. The van der Waals surface area contributed by atoms with Crippen molar-refractivity contribution in [2.45, 2.75) is 93.3 Å². The van der Waals surface area contributed by atoms with Gasteiger partial charge in [-0.2, -0.15) is 0 Å². The lowest BCUT2D eigenvalue weighted by Gasteiger charge is -2.28. The van der Waals surface area contributed by atoms with Crippen molar-refractivity contribution in [3.63, 3.8) is 0 Å². The molecule has 262 valence electrons. The SMILES string of the molecule is CNc1ncnc2c1ccn2[C@@H]1C[C@H](CNCCCN(CCc2cccc(Sc3ccccc3)c2)C(=O)OC(C)(C)C)[C@H]2OC(C)(C)O[C@H]21. The summed E-state index contributed by atoms with van der Waals surface area (Å²) in [4.78, 5) is 26.5. The molecule has 1 aliphatic heterocycles. The Labute approximate surface area is 294 Å². The van der Waals surface area contributed by atoms with E-state index in [2.05, 4.69) is 86.0 Å². The zero-order chi connectivity index (χ0) is 34.6. The second-order valence-electron chi connectivity index (χ2n) is 14.4.